The van der Waals surface area contributed by atoms with Crippen molar-refractivity contribution >= 4 is 0 Å². The van der Waals surface area contributed by atoms with Gasteiger partial charge >= 0.3 is 0 Å². The Morgan fingerprint density at radius 2 is 2.37 bits per heavy atom. The van der Waals surface area contributed by atoms with E-state index >= 15 is 0 Å². The van der Waals surface area contributed by atoms with Crippen LogP contribution in [-0.2, 0) is 13.5 Å². The molecule has 4 nitrogen and oxygen atoms in total. The van der Waals surface area contributed by atoms with Gasteiger partial charge in [0.15, 0.2) is 0 Å². The van der Waals surface area contributed by atoms with Crippen molar-refractivity contribution in [2.75, 3.05) is 13.2 Å². The monoisotopic (exact) mass is 257 g/mol. The lowest BCUT2D eigenvalue weighted by atomic mass is 9.98. The number of nitrogens with one attached hydrogen (secondary N) is 1. The van der Waals surface area contributed by atoms with Crippen LogP contribution in [0.3, 0.4) is 0 Å². The Morgan fingerprint density at radius 1 is 1.47 bits per heavy atom. The highest BCUT2D eigenvalue weighted by atomic mass is 16.5. The topological polar surface area (TPSA) is 39.1 Å². The quantitative estimate of drug-likeness (QED) is 0.911. The minimum atomic E-state index is 0.145. The number of aromatic nitrogens is 2. The number of hydrogen-bond acceptors (Lipinski definition) is 3. The number of hydrogen-bond donors (Lipinski definition) is 1. The normalized spacial score (nSPS) is 15.1. The molecule has 1 atom stereocenters. The fourth-order valence-electron chi connectivity index (χ4n) is 2.67. The summed E-state index contributed by atoms with van der Waals surface area (Å²) in [6.07, 6.45) is 4.98. The van der Waals surface area contributed by atoms with Gasteiger partial charge in [-0.25, -0.2) is 0 Å². The Morgan fingerprint density at radius 3 is 3.11 bits per heavy atom. The SMILES string of the molecule is CCNC(c1cnn(C)c1)c1cccc2c1OCC2. The first-order valence-electron chi connectivity index (χ1n) is 6.76. The summed E-state index contributed by atoms with van der Waals surface area (Å²) in [6, 6.07) is 6.55. The highest BCUT2D eigenvalue weighted by molar-refractivity contribution is 5.48. The van der Waals surface area contributed by atoms with Gasteiger partial charge in [-0.2, -0.15) is 5.10 Å². The zero-order valence-electron chi connectivity index (χ0n) is 11.4. The average Bonchev–Trinajstić information content (AvgIpc) is 3.04. The second-order valence-electron chi connectivity index (χ2n) is 4.87. The van der Waals surface area contributed by atoms with Gasteiger partial charge in [0.05, 0.1) is 18.8 Å². The Balaban J connectivity index is 2.03. The molecule has 100 valence electrons. The Labute approximate surface area is 113 Å². The molecule has 0 saturated heterocycles. The average molecular weight is 257 g/mol. The van der Waals surface area contributed by atoms with Crippen LogP contribution in [0.1, 0.15) is 29.7 Å². The molecule has 2 heterocycles. The van der Waals surface area contributed by atoms with Crippen LogP contribution in [-0.4, -0.2) is 22.9 Å². The van der Waals surface area contributed by atoms with E-state index in [1.54, 1.807) is 0 Å². The first-order valence-corrected chi connectivity index (χ1v) is 6.76. The molecule has 2 aromatic rings. The van der Waals surface area contributed by atoms with Gasteiger partial charge in [-0.1, -0.05) is 25.1 Å². The van der Waals surface area contributed by atoms with Crippen LogP contribution >= 0.6 is 0 Å². The summed E-state index contributed by atoms with van der Waals surface area (Å²) >= 11 is 0. The van der Waals surface area contributed by atoms with E-state index < -0.39 is 0 Å². The Hall–Kier alpha value is -1.81. The minimum absolute atomic E-state index is 0.145. The third-order valence-electron chi connectivity index (χ3n) is 3.52. The maximum atomic E-state index is 5.82. The van der Waals surface area contributed by atoms with E-state index in [2.05, 4.69) is 41.7 Å². The molecule has 1 aliphatic rings. The van der Waals surface area contributed by atoms with E-state index in [4.69, 9.17) is 4.74 Å². The van der Waals surface area contributed by atoms with E-state index in [0.717, 1.165) is 25.3 Å². The van der Waals surface area contributed by atoms with Crippen LogP contribution in [0.25, 0.3) is 0 Å². The van der Waals surface area contributed by atoms with Crippen LogP contribution in [0.15, 0.2) is 30.6 Å². The fraction of sp³-hybridized carbons (Fsp3) is 0.400. The summed E-state index contributed by atoms with van der Waals surface area (Å²) in [5, 5.41) is 7.80. The van der Waals surface area contributed by atoms with Gasteiger partial charge in [-0.15, -0.1) is 0 Å². The molecule has 1 aromatic carbocycles. The van der Waals surface area contributed by atoms with E-state index in [-0.39, 0.29) is 6.04 Å². The summed E-state index contributed by atoms with van der Waals surface area (Å²) < 4.78 is 7.65. The zero-order chi connectivity index (χ0) is 13.2. The lowest BCUT2D eigenvalue weighted by Gasteiger charge is -2.19. The predicted octanol–water partition coefficient (Wildman–Crippen LogP) is 2.05. The molecular formula is C15H19N3O. The molecule has 1 aromatic heterocycles. The molecule has 1 unspecified atom stereocenters. The minimum Gasteiger partial charge on any atom is -0.493 e. The third kappa shape index (κ3) is 2.24. The van der Waals surface area contributed by atoms with Gasteiger partial charge in [-0.3, -0.25) is 4.68 Å². The maximum absolute atomic E-state index is 5.82. The highest BCUT2D eigenvalue weighted by Gasteiger charge is 2.23. The molecule has 0 amide bonds. The molecule has 4 heteroatoms. The van der Waals surface area contributed by atoms with Crippen molar-refractivity contribution in [3.05, 3.63) is 47.3 Å². The van der Waals surface area contributed by atoms with Gasteiger partial charge in [0.1, 0.15) is 5.75 Å². The van der Waals surface area contributed by atoms with Gasteiger partial charge in [0.25, 0.3) is 0 Å². The van der Waals surface area contributed by atoms with E-state index in [1.165, 1.54) is 16.7 Å². The first kappa shape index (κ1) is 12.2. The molecule has 1 aliphatic heterocycles. The van der Waals surface area contributed by atoms with Gasteiger partial charge in [-0.05, 0) is 12.1 Å². The van der Waals surface area contributed by atoms with Crippen LogP contribution in [0.2, 0.25) is 0 Å². The number of fused-ring (bicyclic) bond motifs is 1. The van der Waals surface area contributed by atoms with Gasteiger partial charge < -0.3 is 10.1 Å². The number of nitrogens with zero attached hydrogens (tertiary/aromatic N) is 2. The molecule has 0 aliphatic carbocycles. The second-order valence-corrected chi connectivity index (χ2v) is 4.87. The van der Waals surface area contributed by atoms with Crippen LogP contribution in [0.4, 0.5) is 0 Å². The molecule has 0 radical (unpaired) electrons. The summed E-state index contributed by atoms with van der Waals surface area (Å²) in [5.41, 5.74) is 3.70. The molecule has 19 heavy (non-hydrogen) atoms. The second kappa shape index (κ2) is 5.05. The standard InChI is InChI=1S/C15H19N3O/c1-3-16-14(12-9-17-18(2)10-12)13-6-4-5-11-7-8-19-15(11)13/h4-6,9-10,14,16H,3,7-8H2,1-2H3. The van der Waals surface area contributed by atoms with Crippen LogP contribution in [0.5, 0.6) is 5.75 Å². The van der Waals surface area contributed by atoms with Crippen LogP contribution in [0, 0.1) is 0 Å². The molecule has 3 rings (SSSR count). The fourth-order valence-corrected chi connectivity index (χ4v) is 2.67. The lowest BCUT2D eigenvalue weighted by Crippen LogP contribution is -2.22. The molecule has 0 fully saturated rings. The Bertz CT molecular complexity index is 577. The van der Waals surface area contributed by atoms with Crippen molar-refractivity contribution in [3.63, 3.8) is 0 Å². The van der Waals surface area contributed by atoms with Crippen molar-refractivity contribution in [2.45, 2.75) is 19.4 Å². The smallest absolute Gasteiger partial charge is 0.127 e. The van der Waals surface area contributed by atoms with Crippen molar-refractivity contribution in [1.29, 1.82) is 0 Å². The van der Waals surface area contributed by atoms with Crippen molar-refractivity contribution in [2.24, 2.45) is 7.05 Å². The number of ether oxygens (including phenoxy) is 1. The first-order chi connectivity index (χ1) is 9.29. The Kier molecular flexibility index (Phi) is 3.25. The lowest BCUT2D eigenvalue weighted by molar-refractivity contribution is 0.350. The van der Waals surface area contributed by atoms with E-state index in [0.29, 0.717) is 0 Å². The predicted molar refractivity (Wildman–Crippen MR) is 74.4 cm³/mol. The number of rotatable bonds is 4. The van der Waals surface area contributed by atoms with Crippen molar-refractivity contribution in [3.8, 4) is 5.75 Å². The number of aryl methyl sites for hydroxylation is 1. The molecule has 0 bridgehead atoms. The largest absolute Gasteiger partial charge is 0.493 e. The summed E-state index contributed by atoms with van der Waals surface area (Å²) in [6.45, 7) is 3.81. The van der Waals surface area contributed by atoms with Gasteiger partial charge in [0, 0.05) is 30.8 Å². The van der Waals surface area contributed by atoms with Crippen molar-refractivity contribution in [1.82, 2.24) is 15.1 Å². The van der Waals surface area contributed by atoms with Crippen molar-refractivity contribution < 1.29 is 4.74 Å². The third-order valence-corrected chi connectivity index (χ3v) is 3.52. The molecule has 0 saturated carbocycles. The summed E-state index contributed by atoms with van der Waals surface area (Å²) in [5.74, 6) is 1.05. The molecule has 1 N–H and O–H groups in total. The number of para-hydroxylation sites is 1. The van der Waals surface area contributed by atoms with Gasteiger partial charge in [0.2, 0.25) is 0 Å². The zero-order valence-corrected chi connectivity index (χ0v) is 11.4. The van der Waals surface area contributed by atoms with E-state index in [9.17, 15) is 0 Å². The maximum Gasteiger partial charge on any atom is 0.127 e. The molecular weight excluding hydrogens is 238 g/mol. The van der Waals surface area contributed by atoms with E-state index in [1.807, 2.05) is 17.9 Å². The summed E-state index contributed by atoms with van der Waals surface area (Å²) in [4.78, 5) is 0. The van der Waals surface area contributed by atoms with Crippen LogP contribution < -0.4 is 10.1 Å². The molecule has 0 spiro atoms. The number of benzene rings is 1. The highest BCUT2D eigenvalue weighted by Crippen LogP contribution is 2.35. The summed E-state index contributed by atoms with van der Waals surface area (Å²) in [7, 11) is 1.94.